The molecule has 0 aliphatic carbocycles. The minimum absolute atomic E-state index is 0.512. The molecule has 0 radical (unpaired) electrons. The molecule has 4 aromatic rings. The van der Waals surface area contributed by atoms with Gasteiger partial charge in [-0.3, -0.25) is 9.05 Å². The molecule has 0 heterocycles. The first-order chi connectivity index (χ1) is 22.0. The van der Waals surface area contributed by atoms with Gasteiger partial charge in [0.25, 0.3) is 0 Å². The Kier molecular flexibility index (Phi) is 11.6. The first-order valence-electron chi connectivity index (χ1n) is 16.0. The van der Waals surface area contributed by atoms with Crippen molar-refractivity contribution in [3.63, 3.8) is 0 Å². The van der Waals surface area contributed by atoms with Crippen LogP contribution in [0, 0.1) is 27.7 Å². The summed E-state index contributed by atoms with van der Waals surface area (Å²) in [4.78, 5) is 0. The highest BCUT2D eigenvalue weighted by Gasteiger charge is 2.54. The van der Waals surface area contributed by atoms with Crippen molar-refractivity contribution >= 4 is 16.1 Å². The SMILES string of the molecule is CCC(CC)(Oc1c(C)cccc1C)[P+](=O)Oc1ccc(-c2ccc(O[P+](=O)C(CC)(CC)Oc3c(C)cccc3C)cc2)cc1. The van der Waals surface area contributed by atoms with Crippen LogP contribution in [0.2, 0.25) is 0 Å². The van der Waals surface area contributed by atoms with Gasteiger partial charge in [-0.2, -0.15) is 0 Å². The van der Waals surface area contributed by atoms with Crippen LogP contribution in [0.15, 0.2) is 84.9 Å². The highest BCUT2D eigenvalue weighted by Crippen LogP contribution is 2.49. The molecular weight excluding hydrogens is 614 g/mol. The summed E-state index contributed by atoms with van der Waals surface area (Å²) >= 11 is 0. The Labute approximate surface area is 276 Å². The summed E-state index contributed by atoms with van der Waals surface area (Å²) in [6.07, 6.45) is 2.17. The average Bonchev–Trinajstić information content (AvgIpc) is 3.06. The number of rotatable bonds is 15. The molecule has 4 rings (SSSR count). The number of benzene rings is 4. The molecular formula is C38H46O6P2+2. The van der Waals surface area contributed by atoms with E-state index in [4.69, 9.17) is 18.5 Å². The van der Waals surface area contributed by atoms with E-state index in [0.717, 1.165) is 44.9 Å². The molecule has 0 aliphatic heterocycles. The molecule has 0 bridgehead atoms. The lowest BCUT2D eigenvalue weighted by Crippen LogP contribution is -2.32. The Morgan fingerprint density at radius 3 is 1.02 bits per heavy atom. The van der Waals surface area contributed by atoms with E-state index < -0.39 is 26.7 Å². The fourth-order valence-corrected chi connectivity index (χ4v) is 7.78. The molecule has 0 saturated heterocycles. The van der Waals surface area contributed by atoms with Crippen molar-refractivity contribution in [2.75, 3.05) is 0 Å². The van der Waals surface area contributed by atoms with Gasteiger partial charge in [0.15, 0.2) is 11.5 Å². The summed E-state index contributed by atoms with van der Waals surface area (Å²) in [7, 11) is -4.38. The van der Waals surface area contributed by atoms with Crippen molar-refractivity contribution in [1.82, 2.24) is 0 Å². The molecule has 6 nitrogen and oxygen atoms in total. The van der Waals surface area contributed by atoms with E-state index in [1.54, 1.807) is 0 Å². The van der Waals surface area contributed by atoms with Crippen molar-refractivity contribution in [1.29, 1.82) is 0 Å². The molecule has 242 valence electrons. The normalized spacial score (nSPS) is 12.3. The highest BCUT2D eigenvalue weighted by atomic mass is 31.1. The van der Waals surface area contributed by atoms with E-state index >= 15 is 0 Å². The minimum atomic E-state index is -2.19. The number of hydrogen-bond donors (Lipinski definition) is 0. The number of para-hydroxylation sites is 2. The van der Waals surface area contributed by atoms with Gasteiger partial charge in [-0.15, -0.1) is 0 Å². The van der Waals surface area contributed by atoms with Gasteiger partial charge in [-0.05, 0) is 94.5 Å². The van der Waals surface area contributed by atoms with Crippen LogP contribution in [0.25, 0.3) is 11.1 Å². The smallest absolute Gasteiger partial charge is 0.441 e. The third kappa shape index (κ3) is 7.63. The zero-order valence-corrected chi connectivity index (χ0v) is 30.0. The molecule has 0 aromatic heterocycles. The second-order valence-corrected chi connectivity index (χ2v) is 14.7. The molecule has 46 heavy (non-hydrogen) atoms. The largest absolute Gasteiger partial charge is 0.604 e. The van der Waals surface area contributed by atoms with Crippen LogP contribution in [0.4, 0.5) is 0 Å². The molecule has 0 aliphatic rings. The maximum absolute atomic E-state index is 13.6. The third-order valence-corrected chi connectivity index (χ3v) is 12.2. The summed E-state index contributed by atoms with van der Waals surface area (Å²) in [6.45, 7) is 15.9. The maximum atomic E-state index is 13.6. The van der Waals surface area contributed by atoms with Crippen LogP contribution < -0.4 is 18.5 Å². The molecule has 2 atom stereocenters. The van der Waals surface area contributed by atoms with Gasteiger partial charge in [-0.25, -0.2) is 0 Å². The van der Waals surface area contributed by atoms with Crippen molar-refractivity contribution in [3.05, 3.63) is 107 Å². The van der Waals surface area contributed by atoms with Crippen molar-refractivity contribution in [2.24, 2.45) is 0 Å². The topological polar surface area (TPSA) is 71.1 Å². The number of aryl methyl sites for hydroxylation is 4. The van der Waals surface area contributed by atoms with Crippen molar-refractivity contribution < 1.29 is 27.7 Å². The second-order valence-electron chi connectivity index (χ2n) is 11.7. The maximum Gasteiger partial charge on any atom is 0.604 e. The molecule has 2 unspecified atom stereocenters. The van der Waals surface area contributed by atoms with Crippen LogP contribution in [0.5, 0.6) is 23.0 Å². The Morgan fingerprint density at radius 2 is 0.761 bits per heavy atom. The molecule has 8 heteroatoms. The molecule has 0 fully saturated rings. The van der Waals surface area contributed by atoms with Crippen LogP contribution in [0.3, 0.4) is 0 Å². The van der Waals surface area contributed by atoms with E-state index in [-0.39, 0.29) is 0 Å². The van der Waals surface area contributed by atoms with Crippen molar-refractivity contribution in [3.8, 4) is 34.1 Å². The van der Waals surface area contributed by atoms with Crippen LogP contribution >= 0.6 is 16.1 Å². The number of hydrogen-bond acceptors (Lipinski definition) is 6. The van der Waals surface area contributed by atoms with E-state index in [9.17, 15) is 9.13 Å². The van der Waals surface area contributed by atoms with Crippen LogP contribution in [-0.4, -0.2) is 10.7 Å². The summed E-state index contributed by atoms with van der Waals surface area (Å²) in [5.74, 6) is 2.54. The third-order valence-electron chi connectivity index (χ3n) is 8.70. The Bertz CT molecular complexity index is 1490. The lowest BCUT2D eigenvalue weighted by Gasteiger charge is -2.23. The van der Waals surface area contributed by atoms with Crippen LogP contribution in [-0.2, 0) is 9.13 Å². The molecule has 0 amide bonds. The number of ether oxygens (including phenoxy) is 2. The Morgan fingerprint density at radius 1 is 0.478 bits per heavy atom. The highest BCUT2D eigenvalue weighted by molar-refractivity contribution is 7.41. The van der Waals surface area contributed by atoms with Gasteiger partial charge in [0.1, 0.15) is 11.5 Å². The van der Waals surface area contributed by atoms with Gasteiger partial charge >= 0.3 is 26.7 Å². The van der Waals surface area contributed by atoms with Gasteiger partial charge in [-0.1, -0.05) is 88.4 Å². The summed E-state index contributed by atoms with van der Waals surface area (Å²) < 4.78 is 52.1. The fourth-order valence-electron chi connectivity index (χ4n) is 5.45. The predicted octanol–water partition coefficient (Wildman–Crippen LogP) is 12.0. The average molecular weight is 661 g/mol. The van der Waals surface area contributed by atoms with Crippen LogP contribution in [0.1, 0.15) is 75.6 Å². The van der Waals surface area contributed by atoms with Gasteiger partial charge < -0.3 is 9.47 Å². The Balaban J connectivity index is 1.45. The monoisotopic (exact) mass is 660 g/mol. The van der Waals surface area contributed by atoms with Gasteiger partial charge in [0, 0.05) is 25.7 Å². The standard InChI is InChI=1S/C38H46O6P2/c1-9-37(10-2,41-35-27(5)15-13-16-28(35)6)45(39)43-33-23-19-31(20-24-33)32-21-25-34(26-22-32)44-46(40)38(11-3,12-4)42-36-29(7)17-14-18-30(36)8/h13-26H,9-12H2,1-8H3/q+2. The van der Waals surface area contributed by atoms with Crippen molar-refractivity contribution in [2.45, 2.75) is 91.8 Å². The van der Waals surface area contributed by atoms with E-state index in [1.165, 1.54) is 0 Å². The van der Waals surface area contributed by atoms with E-state index in [2.05, 4.69) is 0 Å². The quantitative estimate of drug-likeness (QED) is 0.118. The lowest BCUT2D eigenvalue weighted by molar-refractivity contribution is 0.133. The zero-order valence-electron chi connectivity index (χ0n) is 28.3. The predicted molar refractivity (Wildman–Crippen MR) is 188 cm³/mol. The first kappa shape index (κ1) is 35.1. The van der Waals surface area contributed by atoms with E-state index in [1.807, 2.05) is 140 Å². The summed E-state index contributed by atoms with van der Waals surface area (Å²) in [5.41, 5.74) is 5.92. The molecule has 0 spiro atoms. The first-order valence-corrected chi connectivity index (χ1v) is 18.4. The molecule has 4 aromatic carbocycles. The van der Waals surface area contributed by atoms with Gasteiger partial charge in [0.2, 0.25) is 0 Å². The second kappa shape index (κ2) is 15.2. The minimum Gasteiger partial charge on any atom is -0.441 e. The molecule has 0 N–H and O–H groups in total. The lowest BCUT2D eigenvalue weighted by atomic mass is 10.1. The van der Waals surface area contributed by atoms with Gasteiger partial charge in [0.05, 0.1) is 0 Å². The Hall–Kier alpha value is -3.72. The summed E-state index contributed by atoms with van der Waals surface area (Å²) in [5, 5.41) is -1.89. The van der Waals surface area contributed by atoms with E-state index in [0.29, 0.717) is 37.2 Å². The zero-order chi connectivity index (χ0) is 33.5. The molecule has 0 saturated carbocycles. The fraction of sp³-hybridized carbons (Fsp3) is 0.368. The summed E-state index contributed by atoms with van der Waals surface area (Å²) in [6, 6.07) is 27.0.